The van der Waals surface area contributed by atoms with Gasteiger partial charge in [0.15, 0.2) is 15.7 Å². The third-order valence-electron chi connectivity index (χ3n) is 14.9. The van der Waals surface area contributed by atoms with Gasteiger partial charge in [0.25, 0.3) is 5.91 Å². The number of fused-ring (bicyclic) bond motifs is 1. The molecule has 0 spiro atoms. The summed E-state index contributed by atoms with van der Waals surface area (Å²) < 4.78 is 46.9. The van der Waals surface area contributed by atoms with E-state index in [2.05, 4.69) is 56.0 Å². The van der Waals surface area contributed by atoms with Crippen molar-refractivity contribution in [2.24, 2.45) is 11.8 Å². The average molecular weight is 1080 g/mol. The molecule has 3 fully saturated rings. The lowest BCUT2D eigenvalue weighted by Crippen LogP contribution is -2.57. The summed E-state index contributed by atoms with van der Waals surface area (Å²) in [7, 11) is -2.20. The molecular weight excluding hydrogens is 1010 g/mol. The van der Waals surface area contributed by atoms with Crippen LogP contribution < -0.4 is 25.6 Å². The average Bonchev–Trinajstić information content (AvgIpc) is 4.21. The predicted molar refractivity (Wildman–Crippen MR) is 285 cm³/mol. The van der Waals surface area contributed by atoms with Gasteiger partial charge in [-0.3, -0.25) is 24.3 Å². The van der Waals surface area contributed by atoms with Crippen LogP contribution in [-0.2, 0) is 19.4 Å². The fourth-order valence-electron chi connectivity index (χ4n) is 9.81. The van der Waals surface area contributed by atoms with Crippen molar-refractivity contribution in [1.29, 1.82) is 0 Å². The number of H-pyrrole nitrogens is 1. The van der Waals surface area contributed by atoms with E-state index in [0.717, 1.165) is 30.5 Å². The van der Waals surface area contributed by atoms with Crippen molar-refractivity contribution in [3.8, 4) is 5.75 Å². The van der Waals surface area contributed by atoms with Crippen LogP contribution in [0.3, 0.4) is 0 Å². The van der Waals surface area contributed by atoms with Crippen LogP contribution in [-0.4, -0.2) is 140 Å². The van der Waals surface area contributed by atoms with Gasteiger partial charge in [-0.2, -0.15) is 5.10 Å². The molecule has 0 aliphatic carbocycles. The molecule has 4 N–H and O–H groups in total. The molecule has 9 rings (SSSR count). The number of nitrogens with one attached hydrogen (secondary N) is 4. The summed E-state index contributed by atoms with van der Waals surface area (Å²) in [4.78, 5) is 83.4. The van der Waals surface area contributed by atoms with E-state index in [1.807, 2.05) is 13.8 Å². The first-order chi connectivity index (χ1) is 36.3. The summed E-state index contributed by atoms with van der Waals surface area (Å²) in [6.45, 7) is 13.2. The second-order valence-corrected chi connectivity index (χ2v) is 24.4. The largest absolute Gasteiger partial charge is 0.492 e. The highest BCUT2D eigenvalue weighted by atomic mass is 32.2. The number of hydrogen-bond acceptors (Lipinski definition) is 17. The van der Waals surface area contributed by atoms with Gasteiger partial charge in [0.05, 0.1) is 34.5 Å². The first kappa shape index (κ1) is 53.8. The van der Waals surface area contributed by atoms with Crippen LogP contribution in [0.5, 0.6) is 5.75 Å². The molecule has 0 bridgehead atoms. The van der Waals surface area contributed by atoms with Crippen molar-refractivity contribution in [3.05, 3.63) is 99.4 Å². The van der Waals surface area contributed by atoms with Crippen molar-refractivity contribution in [2.75, 3.05) is 56.6 Å². The standard InChI is InChI=1S/C53H64FN13O7S2/c1-30-31(2)63-64-46(30)62-47-38-23-43(76(72,73)53(4,5)6)42(24-39(38)58-29-59-47)74-27-33-14-19-66(20-15-33)52-56-25-36(26-57-52)50(70)65-21-16-34(17-22-65)44(61-48(69)32(3)55-7)51(71)67-18-8-9-41(67)49-60-40(28-75-49)45(68)35-10-12-37(54)13-11-35/h10-13,23-26,28-29,32-34,41,44,55H,8-9,14-22,27H2,1-7H3,(H,61,69)(H2,58,59,62,63,64)/t32-,41-,44-/m0/s1. The monoisotopic (exact) mass is 1080 g/mol. The molecule has 23 heteroatoms. The van der Waals surface area contributed by atoms with Crippen LogP contribution in [0.1, 0.15) is 115 Å². The minimum absolute atomic E-state index is 0.0592. The minimum atomic E-state index is -3.87. The molecule has 6 aromatic rings. The Morgan fingerprint density at radius 2 is 1.62 bits per heavy atom. The number of rotatable bonds is 16. The molecule has 3 amide bonds. The van der Waals surface area contributed by atoms with E-state index in [9.17, 15) is 32.0 Å². The van der Waals surface area contributed by atoms with Gasteiger partial charge >= 0.3 is 0 Å². The third-order valence-corrected chi connectivity index (χ3v) is 18.4. The molecule has 0 unspecified atom stereocenters. The van der Waals surface area contributed by atoms with E-state index in [1.165, 1.54) is 41.9 Å². The first-order valence-electron chi connectivity index (χ1n) is 25.7. The number of nitrogens with zero attached hydrogens (tertiary/aromatic N) is 9. The number of aryl methyl sites for hydroxylation is 1. The number of carbonyl (C=O) groups is 4. The zero-order chi connectivity index (χ0) is 54.1. The van der Waals surface area contributed by atoms with Gasteiger partial charge in [0.2, 0.25) is 23.5 Å². The maximum atomic E-state index is 14.6. The lowest BCUT2D eigenvalue weighted by Gasteiger charge is -2.38. The van der Waals surface area contributed by atoms with Gasteiger partial charge in [-0.15, -0.1) is 11.3 Å². The number of thiazole rings is 1. The first-order valence-corrected chi connectivity index (χ1v) is 28.0. The number of ether oxygens (including phenoxy) is 1. The molecule has 4 aromatic heterocycles. The summed E-state index contributed by atoms with van der Waals surface area (Å²) in [5.74, 6) is 0.0233. The van der Waals surface area contributed by atoms with Crippen LogP contribution in [0, 0.1) is 31.5 Å². The van der Waals surface area contributed by atoms with Gasteiger partial charge in [0, 0.05) is 78.8 Å². The zero-order valence-corrected chi connectivity index (χ0v) is 45.4. The molecule has 402 valence electrons. The Hall–Kier alpha value is -6.98. The Labute approximate surface area is 445 Å². The maximum Gasteiger partial charge on any atom is 0.256 e. The van der Waals surface area contributed by atoms with Gasteiger partial charge in [-0.1, -0.05) is 0 Å². The normalized spacial score (nSPS) is 17.7. The Morgan fingerprint density at radius 1 is 0.908 bits per heavy atom. The highest BCUT2D eigenvalue weighted by Crippen LogP contribution is 2.39. The van der Waals surface area contributed by atoms with Crippen LogP contribution >= 0.6 is 11.3 Å². The molecule has 3 aliphatic rings. The van der Waals surface area contributed by atoms with E-state index in [4.69, 9.17) is 4.74 Å². The van der Waals surface area contributed by atoms with E-state index in [1.54, 1.807) is 74.4 Å². The molecule has 20 nitrogen and oxygen atoms in total. The van der Waals surface area contributed by atoms with Crippen LogP contribution in [0.15, 0.2) is 65.4 Å². The summed E-state index contributed by atoms with van der Waals surface area (Å²) in [5, 5.41) is 19.3. The van der Waals surface area contributed by atoms with Gasteiger partial charge in [0.1, 0.15) is 45.4 Å². The van der Waals surface area contributed by atoms with E-state index >= 15 is 0 Å². The van der Waals surface area contributed by atoms with Crippen molar-refractivity contribution >= 4 is 73.2 Å². The lowest BCUT2D eigenvalue weighted by molar-refractivity contribution is -0.139. The van der Waals surface area contributed by atoms with E-state index in [-0.39, 0.29) is 64.3 Å². The molecule has 0 radical (unpaired) electrons. The fraction of sp³-hybridized carbons (Fsp3) is 0.472. The number of piperidine rings is 2. The Kier molecular flexibility index (Phi) is 15.8. The predicted octanol–water partition coefficient (Wildman–Crippen LogP) is 6.51. The number of aromatic amines is 1. The van der Waals surface area contributed by atoms with Crippen molar-refractivity contribution in [2.45, 2.75) is 108 Å². The molecule has 3 aliphatic heterocycles. The number of anilines is 3. The number of sulfone groups is 1. The van der Waals surface area contributed by atoms with Gasteiger partial charge in [-0.25, -0.2) is 37.7 Å². The zero-order valence-electron chi connectivity index (χ0n) is 43.7. The maximum absolute atomic E-state index is 14.6. The fourth-order valence-corrected chi connectivity index (χ4v) is 12.1. The Morgan fingerprint density at radius 3 is 2.28 bits per heavy atom. The second kappa shape index (κ2) is 22.3. The quantitative estimate of drug-likeness (QED) is 0.0755. The van der Waals surface area contributed by atoms with Crippen molar-refractivity contribution < 1.29 is 36.7 Å². The number of ketones is 1. The number of halogens is 1. The molecule has 2 aromatic carbocycles. The summed E-state index contributed by atoms with van der Waals surface area (Å²) in [5.41, 5.74) is 3.20. The lowest BCUT2D eigenvalue weighted by atomic mass is 9.87. The number of hydrogen-bond donors (Lipinski definition) is 4. The summed E-state index contributed by atoms with van der Waals surface area (Å²) in [6, 6.07) is 6.76. The number of likely N-dealkylation sites (N-methyl/N-ethyl adjacent to an activating group) is 1. The van der Waals surface area contributed by atoms with Crippen LogP contribution in [0.2, 0.25) is 0 Å². The summed E-state index contributed by atoms with van der Waals surface area (Å²) >= 11 is 1.30. The van der Waals surface area contributed by atoms with Crippen molar-refractivity contribution in [3.63, 3.8) is 0 Å². The van der Waals surface area contributed by atoms with E-state index < -0.39 is 32.5 Å². The second-order valence-electron chi connectivity index (χ2n) is 20.8. The molecular formula is C53H64FN13O7S2. The molecule has 3 saturated heterocycles. The number of amides is 3. The topological polar surface area (TPSA) is 251 Å². The Bertz CT molecular complexity index is 3220. The number of benzene rings is 2. The number of carbonyl (C=O) groups excluding carboxylic acids is 4. The van der Waals surface area contributed by atoms with Gasteiger partial charge < -0.3 is 35.4 Å². The number of likely N-dealkylation sites (tertiary alicyclic amines) is 2. The molecule has 7 heterocycles. The SMILES string of the molecule is CN[C@@H](C)C(=O)N[C@H](C(=O)N1CCC[C@H]1c1nc(C(=O)c2ccc(F)cc2)cs1)C1CCN(C(=O)c2cnc(N3CCC(COc4cc5ncnc(Nc6n[nH]c(C)c6C)c5cc4S(=O)(=O)C(C)(C)C)CC3)nc2)CC1. The number of aromatic nitrogens is 7. The molecule has 76 heavy (non-hydrogen) atoms. The van der Waals surface area contributed by atoms with Gasteiger partial charge in [-0.05, 0) is 129 Å². The smallest absolute Gasteiger partial charge is 0.256 e. The highest BCUT2D eigenvalue weighted by Gasteiger charge is 2.42. The van der Waals surface area contributed by atoms with Crippen LogP contribution in [0.25, 0.3) is 10.9 Å². The highest BCUT2D eigenvalue weighted by molar-refractivity contribution is 7.92. The molecule has 0 saturated carbocycles. The van der Waals surface area contributed by atoms with E-state index in [0.29, 0.717) is 96.6 Å². The molecule has 3 atom stereocenters. The van der Waals surface area contributed by atoms with Crippen molar-refractivity contribution in [1.82, 2.24) is 55.6 Å². The third kappa shape index (κ3) is 11.3. The summed E-state index contributed by atoms with van der Waals surface area (Å²) in [6.07, 6.45) is 8.26. The minimum Gasteiger partial charge on any atom is -0.492 e. The van der Waals surface area contributed by atoms with Crippen LogP contribution in [0.4, 0.5) is 22.0 Å². The Balaban J connectivity index is 0.806.